The van der Waals surface area contributed by atoms with Gasteiger partial charge in [0.2, 0.25) is 5.89 Å². The van der Waals surface area contributed by atoms with Crippen molar-refractivity contribution < 1.29 is 4.42 Å². The van der Waals surface area contributed by atoms with E-state index in [0.29, 0.717) is 5.89 Å². The molecule has 0 amide bonds. The van der Waals surface area contributed by atoms with Crippen LogP contribution in [-0.4, -0.2) is 4.98 Å². The number of aromatic nitrogens is 1. The average Bonchev–Trinajstić information content (AvgIpc) is 2.86. The van der Waals surface area contributed by atoms with Gasteiger partial charge in [0.15, 0.2) is 5.58 Å². The number of nitrogens with zero attached hydrogens (tertiary/aromatic N) is 1. The Bertz CT molecular complexity index is 840. The molecule has 112 valence electrons. The summed E-state index contributed by atoms with van der Waals surface area (Å²) in [5, 5.41) is 0. The summed E-state index contributed by atoms with van der Waals surface area (Å²) in [7, 11) is 0. The van der Waals surface area contributed by atoms with Gasteiger partial charge in [-0.25, -0.2) is 4.98 Å². The molecule has 2 nitrogen and oxygen atoms in total. The van der Waals surface area contributed by atoms with Gasteiger partial charge in [-0.05, 0) is 46.9 Å². The number of hydrogen-bond donors (Lipinski definition) is 0. The van der Waals surface area contributed by atoms with E-state index in [1.54, 1.807) is 0 Å². The van der Waals surface area contributed by atoms with Crippen LogP contribution in [0.1, 0.15) is 37.8 Å². The highest BCUT2D eigenvalue weighted by molar-refractivity contribution is 9.10. The molecule has 3 heteroatoms. The fourth-order valence-electron chi connectivity index (χ4n) is 2.26. The summed E-state index contributed by atoms with van der Waals surface area (Å²) < 4.78 is 6.84. The van der Waals surface area contributed by atoms with Gasteiger partial charge in [0, 0.05) is 10.5 Å². The van der Waals surface area contributed by atoms with Crippen LogP contribution in [0.3, 0.4) is 0 Å². The maximum atomic E-state index is 5.78. The van der Waals surface area contributed by atoms with Crippen molar-refractivity contribution in [3.8, 4) is 0 Å². The SMILES string of the molecule is CC(C)(C)c1ccc2oc(/C=C\c3cccc(Br)c3)nc2c1. The molecule has 0 saturated carbocycles. The number of fused-ring (bicyclic) bond motifs is 1. The van der Waals surface area contributed by atoms with Crippen molar-refractivity contribution in [1.29, 1.82) is 0 Å². The predicted molar refractivity (Wildman–Crippen MR) is 95.8 cm³/mol. The summed E-state index contributed by atoms with van der Waals surface area (Å²) in [5.41, 5.74) is 4.20. The Hall–Kier alpha value is -1.87. The van der Waals surface area contributed by atoms with Gasteiger partial charge >= 0.3 is 0 Å². The van der Waals surface area contributed by atoms with Crippen molar-refractivity contribution in [3.05, 3.63) is 64.0 Å². The average molecular weight is 356 g/mol. The van der Waals surface area contributed by atoms with Crippen molar-refractivity contribution in [2.75, 3.05) is 0 Å². The van der Waals surface area contributed by atoms with E-state index in [4.69, 9.17) is 4.42 Å². The molecule has 1 heterocycles. The number of hydrogen-bond acceptors (Lipinski definition) is 2. The Balaban J connectivity index is 1.92. The smallest absolute Gasteiger partial charge is 0.220 e. The Morgan fingerprint density at radius 2 is 1.86 bits per heavy atom. The van der Waals surface area contributed by atoms with Crippen molar-refractivity contribution >= 4 is 39.2 Å². The van der Waals surface area contributed by atoms with Crippen LogP contribution < -0.4 is 0 Å². The second-order valence-corrected chi connectivity index (χ2v) is 7.29. The maximum Gasteiger partial charge on any atom is 0.220 e. The van der Waals surface area contributed by atoms with Gasteiger partial charge in [-0.3, -0.25) is 0 Å². The van der Waals surface area contributed by atoms with Gasteiger partial charge < -0.3 is 4.42 Å². The van der Waals surface area contributed by atoms with Crippen LogP contribution >= 0.6 is 15.9 Å². The van der Waals surface area contributed by atoms with Gasteiger partial charge in [-0.15, -0.1) is 0 Å². The summed E-state index contributed by atoms with van der Waals surface area (Å²) >= 11 is 3.47. The number of rotatable bonds is 2. The molecule has 0 fully saturated rings. The second-order valence-electron chi connectivity index (χ2n) is 6.37. The van der Waals surface area contributed by atoms with E-state index < -0.39 is 0 Å². The van der Waals surface area contributed by atoms with Crippen LogP contribution in [0.2, 0.25) is 0 Å². The van der Waals surface area contributed by atoms with Crippen LogP contribution in [-0.2, 0) is 5.41 Å². The third-order valence-electron chi connectivity index (χ3n) is 3.54. The molecule has 3 rings (SSSR count). The van der Waals surface area contributed by atoms with Crippen LogP contribution in [0.15, 0.2) is 51.4 Å². The van der Waals surface area contributed by atoms with E-state index in [9.17, 15) is 0 Å². The van der Waals surface area contributed by atoms with Crippen LogP contribution in [0.25, 0.3) is 23.3 Å². The molecule has 0 N–H and O–H groups in total. The highest BCUT2D eigenvalue weighted by Crippen LogP contribution is 2.26. The first-order chi connectivity index (χ1) is 10.4. The zero-order valence-electron chi connectivity index (χ0n) is 12.9. The highest BCUT2D eigenvalue weighted by atomic mass is 79.9. The Kier molecular flexibility index (Phi) is 3.92. The Labute approximate surface area is 139 Å². The van der Waals surface area contributed by atoms with Gasteiger partial charge in [-0.2, -0.15) is 0 Å². The molecule has 0 bridgehead atoms. The molecule has 0 aliphatic carbocycles. The molecule has 0 aliphatic rings. The molecule has 0 saturated heterocycles. The number of halogens is 1. The minimum absolute atomic E-state index is 0.111. The monoisotopic (exact) mass is 355 g/mol. The molecule has 2 aromatic carbocycles. The minimum atomic E-state index is 0.111. The lowest BCUT2D eigenvalue weighted by atomic mass is 9.87. The van der Waals surface area contributed by atoms with Gasteiger partial charge in [0.05, 0.1) is 0 Å². The molecular formula is C19H18BrNO. The van der Waals surface area contributed by atoms with Crippen LogP contribution in [0, 0.1) is 0 Å². The van der Waals surface area contributed by atoms with Crippen LogP contribution in [0.5, 0.6) is 0 Å². The molecule has 1 aromatic heterocycles. The standard InChI is InChI=1S/C19H18BrNO/c1-19(2,3)14-8-9-17-16(12-14)21-18(22-17)10-7-13-5-4-6-15(20)11-13/h4-12H,1-3H3/b10-7-. The second kappa shape index (κ2) is 5.73. The summed E-state index contributed by atoms with van der Waals surface area (Å²) in [6, 6.07) is 14.3. The first-order valence-electron chi connectivity index (χ1n) is 7.26. The quantitative estimate of drug-likeness (QED) is 0.558. The van der Waals surface area contributed by atoms with Gasteiger partial charge in [-0.1, -0.05) is 54.9 Å². The van der Waals surface area contributed by atoms with Crippen molar-refractivity contribution in [1.82, 2.24) is 4.98 Å². The maximum absolute atomic E-state index is 5.78. The lowest BCUT2D eigenvalue weighted by Crippen LogP contribution is -2.10. The van der Waals surface area contributed by atoms with Gasteiger partial charge in [0.25, 0.3) is 0 Å². The van der Waals surface area contributed by atoms with E-state index in [0.717, 1.165) is 21.1 Å². The lowest BCUT2D eigenvalue weighted by molar-refractivity contribution is 0.585. The summed E-state index contributed by atoms with van der Waals surface area (Å²) in [5.74, 6) is 0.626. The third kappa shape index (κ3) is 3.30. The Morgan fingerprint density at radius 1 is 1.05 bits per heavy atom. The fraction of sp³-hybridized carbons (Fsp3) is 0.211. The first kappa shape index (κ1) is 15.0. The molecule has 3 aromatic rings. The summed E-state index contributed by atoms with van der Waals surface area (Å²) in [6.07, 6.45) is 3.90. The fourth-order valence-corrected chi connectivity index (χ4v) is 2.68. The first-order valence-corrected chi connectivity index (χ1v) is 8.06. The topological polar surface area (TPSA) is 26.0 Å². The number of benzene rings is 2. The molecule has 0 aliphatic heterocycles. The number of oxazole rings is 1. The van der Waals surface area contributed by atoms with E-state index in [2.05, 4.69) is 59.9 Å². The van der Waals surface area contributed by atoms with E-state index in [-0.39, 0.29) is 5.41 Å². The van der Waals surface area contributed by atoms with Crippen molar-refractivity contribution in [2.24, 2.45) is 0 Å². The van der Waals surface area contributed by atoms with Crippen LogP contribution in [0.4, 0.5) is 0 Å². The normalized spacial score (nSPS) is 12.4. The zero-order chi connectivity index (χ0) is 15.7. The largest absolute Gasteiger partial charge is 0.437 e. The summed E-state index contributed by atoms with van der Waals surface area (Å²) in [4.78, 5) is 4.56. The molecule has 22 heavy (non-hydrogen) atoms. The molecule has 0 radical (unpaired) electrons. The van der Waals surface area contributed by atoms with E-state index in [1.165, 1.54) is 5.56 Å². The van der Waals surface area contributed by atoms with E-state index >= 15 is 0 Å². The predicted octanol–water partition coefficient (Wildman–Crippen LogP) is 6.06. The molecular weight excluding hydrogens is 338 g/mol. The summed E-state index contributed by atoms with van der Waals surface area (Å²) in [6.45, 7) is 6.59. The van der Waals surface area contributed by atoms with Gasteiger partial charge in [0.1, 0.15) is 5.52 Å². The van der Waals surface area contributed by atoms with E-state index in [1.807, 2.05) is 36.4 Å². The lowest BCUT2D eigenvalue weighted by Gasteiger charge is -2.18. The Morgan fingerprint density at radius 3 is 2.59 bits per heavy atom. The third-order valence-corrected chi connectivity index (χ3v) is 4.03. The molecule has 0 unspecified atom stereocenters. The van der Waals surface area contributed by atoms with Crippen molar-refractivity contribution in [2.45, 2.75) is 26.2 Å². The molecule has 0 atom stereocenters. The van der Waals surface area contributed by atoms with Crippen molar-refractivity contribution in [3.63, 3.8) is 0 Å². The molecule has 0 spiro atoms. The minimum Gasteiger partial charge on any atom is -0.437 e. The highest BCUT2D eigenvalue weighted by Gasteiger charge is 2.15. The zero-order valence-corrected chi connectivity index (χ0v) is 14.5.